The topological polar surface area (TPSA) is 19.9 Å². The second kappa shape index (κ2) is 5.33. The maximum Gasteiger partial charge on any atom is 0.0822 e. The van der Waals surface area contributed by atoms with Crippen LogP contribution in [0.5, 0.6) is 0 Å². The molecule has 0 atom stereocenters. The van der Waals surface area contributed by atoms with Gasteiger partial charge in [0, 0.05) is 4.88 Å². The summed E-state index contributed by atoms with van der Waals surface area (Å²) in [7, 11) is 0. The van der Waals surface area contributed by atoms with Gasteiger partial charge in [-0.2, -0.15) is 0 Å². The molecule has 1 aromatic heterocycles. The van der Waals surface area contributed by atoms with Gasteiger partial charge in [0.2, 0.25) is 0 Å². The van der Waals surface area contributed by atoms with Crippen LogP contribution in [0.4, 0.5) is 0 Å². The van der Waals surface area contributed by atoms with E-state index in [9.17, 15) is 5.11 Å². The Morgan fingerprint density at radius 2 is 2.18 bits per heavy atom. The first-order valence-electron chi connectivity index (χ1n) is 4.04. The fourth-order valence-electron chi connectivity index (χ4n) is 1.03. The van der Waals surface area contributed by atoms with Gasteiger partial charge in [-0.1, -0.05) is 12.5 Å². The van der Waals surface area contributed by atoms with Crippen molar-refractivity contribution in [3.05, 3.63) is 22.4 Å². The van der Waals surface area contributed by atoms with E-state index in [0.717, 1.165) is 19.3 Å². The Labute approximate surface area is 71.7 Å². The molecule has 0 saturated heterocycles. The molecule has 1 rings (SSSR count). The normalized spacial score (nSPS) is 10.3. The quantitative estimate of drug-likeness (QED) is 0.604. The first kappa shape index (κ1) is 8.75. The molecule has 1 aromatic rings. The zero-order valence-corrected chi connectivity index (χ0v) is 7.40. The number of thiophene rings is 1. The maximum absolute atomic E-state index is 10.1. The molecule has 0 saturated carbocycles. The first-order valence-corrected chi connectivity index (χ1v) is 4.92. The van der Waals surface area contributed by atoms with Gasteiger partial charge in [-0.15, -0.1) is 11.3 Å². The number of rotatable bonds is 5. The Morgan fingerprint density at radius 1 is 1.27 bits per heavy atom. The molecule has 11 heavy (non-hydrogen) atoms. The van der Waals surface area contributed by atoms with E-state index in [1.807, 2.05) is 0 Å². The highest BCUT2D eigenvalue weighted by Gasteiger charge is 1.92. The smallest absolute Gasteiger partial charge is 0.0822 e. The Bertz CT molecular complexity index is 170. The molecular weight excluding hydrogens is 156 g/mol. The lowest BCUT2D eigenvalue weighted by Gasteiger charge is -1.94. The Hall–Kier alpha value is -0.340. The molecule has 0 aliphatic carbocycles. The van der Waals surface area contributed by atoms with Crippen molar-refractivity contribution in [3.63, 3.8) is 0 Å². The zero-order valence-electron chi connectivity index (χ0n) is 6.58. The third-order valence-electron chi connectivity index (χ3n) is 1.65. The van der Waals surface area contributed by atoms with E-state index in [1.165, 1.54) is 11.3 Å². The molecule has 1 nitrogen and oxygen atoms in total. The van der Waals surface area contributed by atoms with Crippen LogP contribution in [0.15, 0.2) is 17.5 Å². The molecule has 1 heterocycles. The number of hydrogen-bond donors (Lipinski definition) is 0. The van der Waals surface area contributed by atoms with Crippen LogP contribution in [0.2, 0.25) is 0 Å². The molecule has 0 spiro atoms. The van der Waals surface area contributed by atoms with Gasteiger partial charge in [0.25, 0.3) is 0 Å². The average Bonchev–Trinajstić information content (AvgIpc) is 2.50. The van der Waals surface area contributed by atoms with Crippen LogP contribution in [0, 0.1) is 0 Å². The Morgan fingerprint density at radius 3 is 2.82 bits per heavy atom. The van der Waals surface area contributed by atoms with Crippen molar-refractivity contribution in [3.8, 4) is 0 Å². The zero-order chi connectivity index (χ0) is 7.94. The van der Waals surface area contributed by atoms with Gasteiger partial charge >= 0.3 is 0 Å². The third kappa shape index (κ3) is 3.54. The molecule has 0 unspecified atom stereocenters. The van der Waals surface area contributed by atoms with Crippen LogP contribution < -0.4 is 0 Å². The minimum atomic E-state index is 0.0877. The van der Waals surface area contributed by atoms with Crippen LogP contribution >= 0.6 is 11.3 Å². The van der Waals surface area contributed by atoms with Crippen molar-refractivity contribution in [2.75, 3.05) is 6.61 Å². The van der Waals surface area contributed by atoms with Crippen molar-refractivity contribution < 1.29 is 5.11 Å². The second-order valence-corrected chi connectivity index (χ2v) is 3.63. The summed E-state index contributed by atoms with van der Waals surface area (Å²) < 4.78 is 0. The van der Waals surface area contributed by atoms with Gasteiger partial charge in [0.15, 0.2) is 0 Å². The molecule has 61 valence electrons. The summed E-state index contributed by atoms with van der Waals surface area (Å²) in [6, 6.07) is 4.23. The Kier molecular flexibility index (Phi) is 4.24. The molecular formula is C9H13OS. The summed E-state index contributed by atoms with van der Waals surface area (Å²) in [5.41, 5.74) is 0. The highest BCUT2D eigenvalue weighted by molar-refractivity contribution is 7.09. The largest absolute Gasteiger partial charge is 0.237 e. The van der Waals surface area contributed by atoms with Crippen LogP contribution in [-0.2, 0) is 11.5 Å². The van der Waals surface area contributed by atoms with Gasteiger partial charge in [-0.25, -0.2) is 5.11 Å². The van der Waals surface area contributed by atoms with E-state index in [2.05, 4.69) is 17.5 Å². The van der Waals surface area contributed by atoms with Crippen LogP contribution in [0.1, 0.15) is 24.1 Å². The highest BCUT2D eigenvalue weighted by atomic mass is 32.1. The van der Waals surface area contributed by atoms with Crippen molar-refractivity contribution in [2.24, 2.45) is 0 Å². The van der Waals surface area contributed by atoms with Crippen LogP contribution in [-0.4, -0.2) is 6.61 Å². The van der Waals surface area contributed by atoms with E-state index in [-0.39, 0.29) is 6.61 Å². The Balaban J connectivity index is 2.04. The molecule has 0 aromatic carbocycles. The lowest BCUT2D eigenvalue weighted by atomic mass is 10.2. The van der Waals surface area contributed by atoms with E-state index in [1.54, 1.807) is 11.3 Å². The third-order valence-corrected chi connectivity index (χ3v) is 2.58. The summed E-state index contributed by atoms with van der Waals surface area (Å²) in [4.78, 5) is 1.44. The summed E-state index contributed by atoms with van der Waals surface area (Å²) in [5.74, 6) is 0. The van der Waals surface area contributed by atoms with E-state index in [0.29, 0.717) is 0 Å². The summed E-state index contributed by atoms with van der Waals surface area (Å²) in [5, 5.41) is 12.2. The molecule has 0 bridgehead atoms. The molecule has 0 amide bonds. The predicted octanol–water partition coefficient (Wildman–Crippen LogP) is 2.89. The van der Waals surface area contributed by atoms with Gasteiger partial charge in [0.05, 0.1) is 6.61 Å². The second-order valence-electron chi connectivity index (χ2n) is 2.59. The van der Waals surface area contributed by atoms with Crippen LogP contribution in [0.3, 0.4) is 0 Å². The highest BCUT2D eigenvalue weighted by Crippen LogP contribution is 2.12. The minimum absolute atomic E-state index is 0.0877. The molecule has 0 aliphatic rings. The number of hydrogen-bond acceptors (Lipinski definition) is 1. The average molecular weight is 169 g/mol. The first-order chi connectivity index (χ1) is 5.43. The summed E-state index contributed by atoms with van der Waals surface area (Å²) in [6.07, 6.45) is 4.24. The minimum Gasteiger partial charge on any atom is -0.237 e. The van der Waals surface area contributed by atoms with E-state index >= 15 is 0 Å². The molecule has 2 heteroatoms. The van der Waals surface area contributed by atoms with Crippen molar-refractivity contribution in [1.29, 1.82) is 0 Å². The SMILES string of the molecule is [O]CCCCCc1cccs1. The van der Waals surface area contributed by atoms with E-state index < -0.39 is 0 Å². The van der Waals surface area contributed by atoms with Crippen molar-refractivity contribution >= 4 is 11.3 Å². The van der Waals surface area contributed by atoms with Crippen molar-refractivity contribution in [1.82, 2.24) is 0 Å². The molecule has 0 aliphatic heterocycles. The number of aryl methyl sites for hydroxylation is 1. The van der Waals surface area contributed by atoms with Gasteiger partial charge in [-0.3, -0.25) is 0 Å². The standard InChI is InChI=1S/C9H13OS/c10-7-3-1-2-5-9-6-4-8-11-9/h4,6,8H,1-3,5,7H2. The molecule has 0 N–H and O–H groups in total. The van der Waals surface area contributed by atoms with Gasteiger partial charge in [-0.05, 0) is 30.7 Å². The fourth-order valence-corrected chi connectivity index (χ4v) is 1.78. The summed E-state index contributed by atoms with van der Waals surface area (Å²) in [6.45, 7) is 0.0877. The van der Waals surface area contributed by atoms with E-state index in [4.69, 9.17) is 0 Å². The maximum atomic E-state index is 10.1. The van der Waals surface area contributed by atoms with Gasteiger partial charge < -0.3 is 0 Å². The predicted molar refractivity (Wildman–Crippen MR) is 47.4 cm³/mol. The number of unbranched alkanes of at least 4 members (excludes halogenated alkanes) is 2. The van der Waals surface area contributed by atoms with Crippen LogP contribution in [0.25, 0.3) is 0 Å². The molecule has 1 radical (unpaired) electrons. The fraction of sp³-hybridized carbons (Fsp3) is 0.556. The summed E-state index contributed by atoms with van der Waals surface area (Å²) >= 11 is 1.80. The van der Waals surface area contributed by atoms with Gasteiger partial charge in [0.1, 0.15) is 0 Å². The molecule has 0 fully saturated rings. The lowest BCUT2D eigenvalue weighted by molar-refractivity contribution is 0.186. The van der Waals surface area contributed by atoms with Crippen molar-refractivity contribution in [2.45, 2.75) is 25.7 Å². The monoisotopic (exact) mass is 169 g/mol. The lowest BCUT2D eigenvalue weighted by Crippen LogP contribution is -1.84.